The third-order valence-corrected chi connectivity index (χ3v) is 13.0. The number of ether oxygens (including phenoxy) is 3. The van der Waals surface area contributed by atoms with E-state index in [9.17, 15) is 46.4 Å². The van der Waals surface area contributed by atoms with Crippen LogP contribution in [0.2, 0.25) is 0 Å². The molecule has 18 nitrogen and oxygen atoms in total. The number of benzene rings is 1. The van der Waals surface area contributed by atoms with Crippen LogP contribution in [0, 0.1) is 5.82 Å². The monoisotopic (exact) mass is 830 g/mol. The van der Waals surface area contributed by atoms with Gasteiger partial charge in [-0.3, -0.25) is 28.8 Å². The van der Waals surface area contributed by atoms with Crippen molar-refractivity contribution < 1.29 is 60.6 Å². The van der Waals surface area contributed by atoms with Crippen LogP contribution in [0.15, 0.2) is 30.4 Å². The summed E-state index contributed by atoms with van der Waals surface area (Å²) in [5, 5.41) is 4.44. The summed E-state index contributed by atoms with van der Waals surface area (Å²) in [5.74, 6) is -4.14. The van der Waals surface area contributed by atoms with Crippen LogP contribution < -0.4 is 15.4 Å². The number of carbonyl (C=O) groups excluding carboxylic acids is 7. The molecule has 1 unspecified atom stereocenters. The van der Waals surface area contributed by atoms with Gasteiger partial charge in [-0.05, 0) is 51.7 Å². The fraction of sp³-hybridized carbons (Fsp3) is 0.605. The molecule has 314 valence electrons. The number of carbonyl (C=O) groups is 7. The average Bonchev–Trinajstić information content (AvgIpc) is 3.40. The lowest BCUT2D eigenvalue weighted by atomic mass is 9.72. The number of halogens is 1. The lowest BCUT2D eigenvalue weighted by molar-refractivity contribution is -0.157. The molecule has 3 N–H and O–H groups in total. The highest BCUT2D eigenvalue weighted by molar-refractivity contribution is 7.91. The predicted octanol–water partition coefficient (Wildman–Crippen LogP) is 1.26. The fourth-order valence-corrected chi connectivity index (χ4v) is 9.54. The number of fused-ring (bicyclic) bond motifs is 3. The Morgan fingerprint density at radius 3 is 2.40 bits per heavy atom. The molecule has 2 saturated carbocycles. The Bertz CT molecular complexity index is 2060. The van der Waals surface area contributed by atoms with Crippen LogP contribution >= 0.6 is 0 Å². The van der Waals surface area contributed by atoms with Crippen molar-refractivity contribution in [3.05, 3.63) is 47.3 Å². The molecule has 3 saturated heterocycles. The Kier molecular flexibility index (Phi) is 10.7. The Morgan fingerprint density at radius 1 is 1.05 bits per heavy atom. The summed E-state index contributed by atoms with van der Waals surface area (Å²) < 4.78 is 58.4. The largest absolute Gasteiger partial charge is 0.459 e. The van der Waals surface area contributed by atoms with Gasteiger partial charge in [0.2, 0.25) is 27.7 Å². The highest BCUT2D eigenvalue weighted by Crippen LogP contribution is 2.38. The molecule has 2 bridgehead atoms. The molecule has 5 fully saturated rings. The average molecular weight is 831 g/mol. The van der Waals surface area contributed by atoms with E-state index in [1.54, 1.807) is 26.8 Å². The van der Waals surface area contributed by atoms with Crippen molar-refractivity contribution in [1.82, 2.24) is 30.1 Å². The number of hydrogen-bond acceptors (Lipinski definition) is 12. The van der Waals surface area contributed by atoms with E-state index in [1.807, 2.05) is 0 Å². The topological polar surface area (TPSA) is 227 Å². The second kappa shape index (κ2) is 15.2. The van der Waals surface area contributed by atoms with E-state index in [0.29, 0.717) is 36.0 Å². The normalized spacial score (nSPS) is 25.0. The van der Waals surface area contributed by atoms with E-state index < -0.39 is 104 Å². The molecule has 58 heavy (non-hydrogen) atoms. The van der Waals surface area contributed by atoms with Crippen molar-refractivity contribution in [2.24, 2.45) is 0 Å². The van der Waals surface area contributed by atoms with E-state index in [2.05, 4.69) is 21.9 Å². The summed E-state index contributed by atoms with van der Waals surface area (Å²) in [6.07, 6.45) is -3.22. The van der Waals surface area contributed by atoms with E-state index >= 15 is 0 Å². The number of alkyl carbamates (subject to hydrolysis) is 1. The van der Waals surface area contributed by atoms with Crippen LogP contribution in [0.4, 0.5) is 14.0 Å². The maximum Gasteiger partial charge on any atom is 0.410 e. The number of nitrogens with one attached hydrogen (secondary N) is 3. The first kappa shape index (κ1) is 40.9. The molecule has 7 rings (SSSR count). The minimum atomic E-state index is -4.00. The first-order chi connectivity index (χ1) is 27.2. The van der Waals surface area contributed by atoms with Crippen molar-refractivity contribution >= 4 is 51.8 Å². The highest BCUT2D eigenvalue weighted by atomic mass is 32.2. The number of rotatable bonds is 11. The van der Waals surface area contributed by atoms with Gasteiger partial charge in [-0.1, -0.05) is 24.3 Å². The zero-order valence-electron chi connectivity index (χ0n) is 32.4. The summed E-state index contributed by atoms with van der Waals surface area (Å²) in [5.41, 5.74) is -1.19. The SMILES string of the molecule is C=C1CC(NC(=O)[C@@H]2CC(OC(=O)N3Cc4cccc(F)c4C3)CN2C(=O)[C@H](CCC(=O)N2C[C@H]3C[C@@H]2C(=O)O3)NC(=O)OC(C)(C)C)(C(=O)NS(=O)(=O)C2CC2)C1. The third kappa shape index (κ3) is 8.47. The molecule has 2 aliphatic carbocycles. The number of sulfonamides is 1. The first-order valence-electron chi connectivity index (χ1n) is 19.3. The molecular formula is C38H47FN6O12S. The van der Waals surface area contributed by atoms with Crippen LogP contribution in [-0.2, 0) is 61.3 Å². The number of nitrogens with zero attached hydrogens (tertiary/aromatic N) is 3. The summed E-state index contributed by atoms with van der Waals surface area (Å²) >= 11 is 0. The number of esters is 1. The standard InChI is InChI=1S/C38H47FN6O12S/c1-20-14-38(15-20,34(50)42-58(53,54)24-8-9-24)41-31(47)28-12-23(56-36(52)43-16-21-6-5-7-26(39)25(21)19-43)18-45(28)32(48)27(40-35(51)57-37(2,3)4)10-11-30(46)44-17-22-13-29(44)33(49)55-22/h5-7,22-24,27-29H,1,8-19H2,2-4H3,(H,40,51)(H,41,47)(H,42,50)/t22-,23?,27+,28+,29-/m1/s1. The molecule has 0 radical (unpaired) electrons. The molecule has 1 aromatic carbocycles. The van der Waals surface area contributed by atoms with Gasteiger partial charge in [0, 0.05) is 44.2 Å². The number of likely N-dealkylation sites (tertiary alicyclic amines) is 2. The summed E-state index contributed by atoms with van der Waals surface area (Å²) in [6, 6.07) is 0.856. The van der Waals surface area contributed by atoms with Gasteiger partial charge in [-0.2, -0.15) is 0 Å². The van der Waals surface area contributed by atoms with Gasteiger partial charge in [-0.25, -0.2) is 27.2 Å². The van der Waals surface area contributed by atoms with Gasteiger partial charge >= 0.3 is 18.2 Å². The lowest BCUT2D eigenvalue weighted by Gasteiger charge is -2.43. The van der Waals surface area contributed by atoms with Crippen molar-refractivity contribution in [2.75, 3.05) is 13.1 Å². The second-order valence-corrected chi connectivity index (χ2v) is 18.9. The van der Waals surface area contributed by atoms with Crippen molar-refractivity contribution in [2.45, 2.75) is 132 Å². The zero-order chi connectivity index (χ0) is 41.9. The molecular weight excluding hydrogens is 784 g/mol. The van der Waals surface area contributed by atoms with Crippen LogP contribution in [-0.4, -0.2) is 125 Å². The molecule has 20 heteroatoms. The van der Waals surface area contributed by atoms with Gasteiger partial charge in [-0.15, -0.1) is 0 Å². The first-order valence-corrected chi connectivity index (χ1v) is 20.8. The van der Waals surface area contributed by atoms with E-state index in [0.717, 1.165) is 4.90 Å². The lowest BCUT2D eigenvalue weighted by Crippen LogP contribution is -2.66. The maximum atomic E-state index is 14.6. The smallest absolute Gasteiger partial charge is 0.410 e. The molecule has 1 aromatic rings. The Labute approximate surface area is 334 Å². The minimum Gasteiger partial charge on any atom is -0.459 e. The van der Waals surface area contributed by atoms with Crippen LogP contribution in [0.25, 0.3) is 0 Å². The second-order valence-electron chi connectivity index (χ2n) is 16.9. The molecule has 6 amide bonds. The van der Waals surface area contributed by atoms with Crippen LogP contribution in [0.3, 0.4) is 0 Å². The summed E-state index contributed by atoms with van der Waals surface area (Å²) in [6.45, 7) is 8.49. The van der Waals surface area contributed by atoms with Gasteiger partial charge < -0.3 is 34.6 Å². The maximum absolute atomic E-state index is 14.6. The molecule has 4 heterocycles. The molecule has 0 spiro atoms. The molecule has 5 atom stereocenters. The van der Waals surface area contributed by atoms with Gasteiger partial charge in [0.05, 0.1) is 24.9 Å². The van der Waals surface area contributed by atoms with E-state index in [-0.39, 0.29) is 58.3 Å². The fourth-order valence-electron chi connectivity index (χ4n) is 8.16. The Balaban J connectivity index is 1.12. The number of hydrogen-bond donors (Lipinski definition) is 3. The van der Waals surface area contributed by atoms with E-state index in [4.69, 9.17) is 14.2 Å². The molecule has 0 aromatic heterocycles. The minimum absolute atomic E-state index is 0.0583. The number of amides is 6. The Hall–Kier alpha value is -5.27. The number of morpholine rings is 1. The van der Waals surface area contributed by atoms with Gasteiger partial charge in [0.25, 0.3) is 5.91 Å². The predicted molar refractivity (Wildman–Crippen MR) is 198 cm³/mol. The molecule has 6 aliphatic rings. The molecule has 4 aliphatic heterocycles. The summed E-state index contributed by atoms with van der Waals surface area (Å²) in [7, 11) is -4.00. The van der Waals surface area contributed by atoms with Crippen molar-refractivity contribution in [1.29, 1.82) is 0 Å². The van der Waals surface area contributed by atoms with E-state index in [1.165, 1.54) is 21.9 Å². The quantitative estimate of drug-likeness (QED) is 0.163. The summed E-state index contributed by atoms with van der Waals surface area (Å²) in [4.78, 5) is 98.1. The third-order valence-electron chi connectivity index (χ3n) is 11.2. The van der Waals surface area contributed by atoms with Crippen molar-refractivity contribution in [3.8, 4) is 0 Å². The Morgan fingerprint density at radius 2 is 1.78 bits per heavy atom. The van der Waals surface area contributed by atoms with Crippen molar-refractivity contribution in [3.63, 3.8) is 0 Å². The van der Waals surface area contributed by atoms with Crippen LogP contribution in [0.5, 0.6) is 0 Å². The van der Waals surface area contributed by atoms with Gasteiger partial charge in [0.15, 0.2) is 0 Å². The van der Waals surface area contributed by atoms with Gasteiger partial charge in [0.1, 0.15) is 47.3 Å². The zero-order valence-corrected chi connectivity index (χ0v) is 33.2. The van der Waals surface area contributed by atoms with Crippen LogP contribution in [0.1, 0.15) is 83.3 Å². The highest BCUT2D eigenvalue weighted by Gasteiger charge is 2.53.